The van der Waals surface area contributed by atoms with Crippen molar-refractivity contribution < 1.29 is 0 Å². The van der Waals surface area contributed by atoms with Gasteiger partial charge in [0.2, 0.25) is 0 Å². The summed E-state index contributed by atoms with van der Waals surface area (Å²) >= 11 is 6.35. The molecule has 8 heavy (non-hydrogen) atoms. The van der Waals surface area contributed by atoms with E-state index in [4.69, 9.17) is 0 Å². The van der Waals surface area contributed by atoms with Crippen LogP contribution in [0, 0.1) is 0 Å². The summed E-state index contributed by atoms with van der Waals surface area (Å²) in [7, 11) is 3.38. The lowest BCUT2D eigenvalue weighted by Gasteiger charge is -1.87. The molecule has 0 heterocycles. The van der Waals surface area contributed by atoms with Gasteiger partial charge in [0, 0.05) is 14.1 Å². The maximum Gasteiger partial charge on any atom is 0.132 e. The van der Waals surface area contributed by atoms with E-state index in [2.05, 4.69) is 41.8 Å². The SMILES string of the molecule is CN=C(Br)C(Br)=NC. The Morgan fingerprint density at radius 2 is 1.25 bits per heavy atom. The molecule has 0 spiro atoms. The Morgan fingerprint density at radius 3 is 1.38 bits per heavy atom. The van der Waals surface area contributed by atoms with Gasteiger partial charge in [-0.2, -0.15) is 0 Å². The summed E-state index contributed by atoms with van der Waals surface area (Å²) in [6, 6.07) is 0. The zero-order valence-electron chi connectivity index (χ0n) is 4.65. The van der Waals surface area contributed by atoms with Gasteiger partial charge in [-0.1, -0.05) is 0 Å². The normalized spacial score (nSPS) is 14.5. The second-order valence-corrected chi connectivity index (χ2v) is 2.53. The van der Waals surface area contributed by atoms with Crippen molar-refractivity contribution in [1.29, 1.82) is 0 Å². The summed E-state index contributed by atoms with van der Waals surface area (Å²) in [6.07, 6.45) is 0. The van der Waals surface area contributed by atoms with Crippen molar-refractivity contribution in [2.24, 2.45) is 9.98 Å². The first kappa shape index (κ1) is 8.30. The van der Waals surface area contributed by atoms with E-state index >= 15 is 0 Å². The maximum absolute atomic E-state index is 3.81. The largest absolute Gasteiger partial charge is 0.279 e. The Labute approximate surface area is 65.4 Å². The van der Waals surface area contributed by atoms with Gasteiger partial charge in [-0.25, -0.2) is 0 Å². The van der Waals surface area contributed by atoms with Crippen LogP contribution >= 0.6 is 31.9 Å². The summed E-state index contributed by atoms with van der Waals surface area (Å²) in [5, 5.41) is 0. The molecule has 2 nitrogen and oxygen atoms in total. The number of nitrogens with zero attached hydrogens (tertiary/aromatic N) is 2. The molecule has 0 saturated carbocycles. The number of aliphatic imine (C=N–C) groups is 2. The Balaban J connectivity index is 4.04. The number of hydrogen-bond acceptors (Lipinski definition) is 2. The van der Waals surface area contributed by atoms with E-state index in [1.54, 1.807) is 14.1 Å². The summed E-state index contributed by atoms with van der Waals surface area (Å²) in [6.45, 7) is 0. The fourth-order valence-electron chi connectivity index (χ4n) is 0.185. The molecule has 0 aliphatic heterocycles. The summed E-state index contributed by atoms with van der Waals surface area (Å²) in [5.74, 6) is 0. The molecular formula is C4H6Br2N2. The minimum Gasteiger partial charge on any atom is -0.279 e. The van der Waals surface area contributed by atoms with Gasteiger partial charge in [0.1, 0.15) is 9.24 Å². The van der Waals surface area contributed by atoms with Crippen molar-refractivity contribution in [3.05, 3.63) is 0 Å². The van der Waals surface area contributed by atoms with Gasteiger partial charge in [0.05, 0.1) is 0 Å². The monoisotopic (exact) mass is 240 g/mol. The molecule has 0 aliphatic carbocycles. The Morgan fingerprint density at radius 1 is 1.00 bits per heavy atom. The summed E-state index contributed by atoms with van der Waals surface area (Å²) < 4.78 is 1.47. The average molecular weight is 242 g/mol. The lowest BCUT2D eigenvalue weighted by molar-refractivity contribution is 1.45. The van der Waals surface area contributed by atoms with Gasteiger partial charge in [-0.15, -0.1) is 0 Å². The van der Waals surface area contributed by atoms with Gasteiger partial charge in [-0.3, -0.25) is 9.98 Å². The van der Waals surface area contributed by atoms with Crippen molar-refractivity contribution >= 4 is 41.1 Å². The van der Waals surface area contributed by atoms with Crippen LogP contribution in [-0.4, -0.2) is 23.3 Å². The molecule has 0 rings (SSSR count). The molecule has 0 bridgehead atoms. The van der Waals surface area contributed by atoms with Gasteiger partial charge in [-0.05, 0) is 31.9 Å². The van der Waals surface area contributed by atoms with Crippen molar-refractivity contribution in [3.8, 4) is 0 Å². The minimum absolute atomic E-state index is 0.736. The molecule has 0 saturated heterocycles. The van der Waals surface area contributed by atoms with Crippen molar-refractivity contribution in [1.82, 2.24) is 0 Å². The van der Waals surface area contributed by atoms with Gasteiger partial charge in [0.25, 0.3) is 0 Å². The van der Waals surface area contributed by atoms with E-state index < -0.39 is 0 Å². The molecule has 0 aromatic rings. The fraction of sp³-hybridized carbons (Fsp3) is 0.500. The van der Waals surface area contributed by atoms with Crippen LogP contribution < -0.4 is 0 Å². The third kappa shape index (κ3) is 2.57. The average Bonchev–Trinajstić information content (AvgIpc) is 1.84. The standard InChI is InChI=1S/C4H6Br2N2/c1-7-3(5)4(6)8-2/h1-2H3. The topological polar surface area (TPSA) is 24.7 Å². The molecule has 0 aromatic carbocycles. The Kier molecular flexibility index (Phi) is 4.36. The predicted octanol–water partition coefficient (Wildman–Crippen LogP) is 1.83. The number of hydrogen-bond donors (Lipinski definition) is 0. The van der Waals surface area contributed by atoms with Crippen molar-refractivity contribution in [2.45, 2.75) is 0 Å². The zero-order valence-corrected chi connectivity index (χ0v) is 7.82. The highest BCUT2D eigenvalue weighted by Gasteiger charge is 1.94. The molecule has 0 radical (unpaired) electrons. The number of rotatable bonds is 1. The lowest BCUT2D eigenvalue weighted by Crippen LogP contribution is -1.95. The van der Waals surface area contributed by atoms with E-state index in [1.807, 2.05) is 0 Å². The molecule has 0 N–H and O–H groups in total. The lowest BCUT2D eigenvalue weighted by atomic mass is 10.8. The Hall–Kier alpha value is 0.300. The highest BCUT2D eigenvalue weighted by molar-refractivity contribution is 9.24. The van der Waals surface area contributed by atoms with Crippen LogP contribution in [0.15, 0.2) is 9.98 Å². The van der Waals surface area contributed by atoms with Crippen LogP contribution in [0.1, 0.15) is 0 Å². The predicted molar refractivity (Wildman–Crippen MR) is 44.6 cm³/mol. The maximum atomic E-state index is 3.81. The number of halogens is 2. The van der Waals surface area contributed by atoms with E-state index in [9.17, 15) is 0 Å². The van der Waals surface area contributed by atoms with Gasteiger partial charge in [0.15, 0.2) is 0 Å². The molecule has 0 fully saturated rings. The second kappa shape index (κ2) is 4.21. The van der Waals surface area contributed by atoms with Crippen molar-refractivity contribution in [2.75, 3.05) is 14.1 Å². The van der Waals surface area contributed by atoms with Crippen LogP contribution in [-0.2, 0) is 0 Å². The first-order valence-corrected chi connectivity index (χ1v) is 3.56. The van der Waals surface area contributed by atoms with Gasteiger partial charge >= 0.3 is 0 Å². The quantitative estimate of drug-likeness (QED) is 0.626. The van der Waals surface area contributed by atoms with E-state index in [1.165, 1.54) is 0 Å². The molecule has 0 aliphatic rings. The summed E-state index contributed by atoms with van der Waals surface area (Å²) in [4.78, 5) is 7.63. The van der Waals surface area contributed by atoms with E-state index in [-0.39, 0.29) is 0 Å². The molecule has 4 heteroatoms. The van der Waals surface area contributed by atoms with E-state index in [0.717, 1.165) is 9.24 Å². The van der Waals surface area contributed by atoms with Crippen LogP contribution in [0.2, 0.25) is 0 Å². The van der Waals surface area contributed by atoms with Crippen LogP contribution in [0.5, 0.6) is 0 Å². The van der Waals surface area contributed by atoms with E-state index in [0.29, 0.717) is 0 Å². The second-order valence-electron chi connectivity index (χ2n) is 1.03. The first-order chi connectivity index (χ1) is 3.72. The highest BCUT2D eigenvalue weighted by atomic mass is 79.9. The summed E-state index contributed by atoms with van der Waals surface area (Å²) in [5.41, 5.74) is 0. The molecular weight excluding hydrogens is 236 g/mol. The molecule has 0 aromatic heterocycles. The molecule has 0 atom stereocenters. The smallest absolute Gasteiger partial charge is 0.132 e. The zero-order chi connectivity index (χ0) is 6.57. The third-order valence-electron chi connectivity index (χ3n) is 0.563. The Bertz CT molecular complexity index is 112. The molecule has 0 amide bonds. The van der Waals surface area contributed by atoms with Crippen LogP contribution in [0.25, 0.3) is 0 Å². The van der Waals surface area contributed by atoms with Crippen LogP contribution in [0.4, 0.5) is 0 Å². The highest BCUT2D eigenvalue weighted by Crippen LogP contribution is 1.98. The molecule has 46 valence electrons. The van der Waals surface area contributed by atoms with Gasteiger partial charge < -0.3 is 0 Å². The first-order valence-electron chi connectivity index (χ1n) is 1.97. The molecule has 0 unspecified atom stereocenters. The minimum atomic E-state index is 0.736. The van der Waals surface area contributed by atoms with Crippen molar-refractivity contribution in [3.63, 3.8) is 0 Å². The fourth-order valence-corrected chi connectivity index (χ4v) is 0.539. The third-order valence-corrected chi connectivity index (χ3v) is 2.56. The van der Waals surface area contributed by atoms with Crippen LogP contribution in [0.3, 0.4) is 0 Å².